The number of nitrogen functional groups attached to an aromatic ring is 1. The SMILES string of the molecule is Nc1nc(=S)nc(-c2cccc(F)c2F)[nH]1. The van der Waals surface area contributed by atoms with Gasteiger partial charge in [0.2, 0.25) is 10.7 Å². The molecule has 0 aliphatic carbocycles. The number of rotatable bonds is 1. The van der Waals surface area contributed by atoms with Crippen LogP contribution in [-0.2, 0) is 0 Å². The number of H-pyrrole nitrogens is 1. The van der Waals surface area contributed by atoms with Crippen LogP contribution in [0.4, 0.5) is 14.7 Å². The van der Waals surface area contributed by atoms with Gasteiger partial charge in [-0.25, -0.2) is 13.8 Å². The van der Waals surface area contributed by atoms with Crippen LogP contribution in [-0.4, -0.2) is 15.0 Å². The van der Waals surface area contributed by atoms with Gasteiger partial charge in [-0.05, 0) is 24.4 Å². The minimum Gasteiger partial charge on any atom is -0.369 e. The molecule has 4 nitrogen and oxygen atoms in total. The number of aromatic amines is 1. The van der Waals surface area contributed by atoms with Gasteiger partial charge in [0.25, 0.3) is 0 Å². The molecule has 0 radical (unpaired) electrons. The Bertz CT molecular complexity index is 596. The second kappa shape index (κ2) is 3.93. The maximum absolute atomic E-state index is 13.4. The van der Waals surface area contributed by atoms with E-state index in [1.54, 1.807) is 0 Å². The summed E-state index contributed by atoms with van der Waals surface area (Å²) in [5.74, 6) is -1.92. The summed E-state index contributed by atoms with van der Waals surface area (Å²) in [6, 6.07) is 3.74. The van der Waals surface area contributed by atoms with E-state index in [1.807, 2.05) is 0 Å². The Morgan fingerprint density at radius 1 is 1.25 bits per heavy atom. The predicted octanol–water partition coefficient (Wildman–Crippen LogP) is 2.06. The van der Waals surface area contributed by atoms with Gasteiger partial charge >= 0.3 is 0 Å². The molecule has 0 bridgehead atoms. The number of aromatic nitrogens is 3. The fourth-order valence-electron chi connectivity index (χ4n) is 1.22. The number of benzene rings is 1. The molecule has 2 rings (SSSR count). The molecule has 0 unspecified atom stereocenters. The minimum absolute atomic E-state index is 0.00124. The molecule has 0 spiro atoms. The first-order chi connectivity index (χ1) is 7.58. The van der Waals surface area contributed by atoms with Crippen LogP contribution in [0.5, 0.6) is 0 Å². The molecule has 7 heteroatoms. The van der Waals surface area contributed by atoms with E-state index >= 15 is 0 Å². The molecule has 16 heavy (non-hydrogen) atoms. The van der Waals surface area contributed by atoms with E-state index in [0.717, 1.165) is 6.07 Å². The van der Waals surface area contributed by atoms with Crippen LogP contribution < -0.4 is 5.73 Å². The van der Waals surface area contributed by atoms with Crippen LogP contribution in [0.15, 0.2) is 18.2 Å². The summed E-state index contributed by atoms with van der Waals surface area (Å²) in [7, 11) is 0. The molecule has 0 fully saturated rings. The van der Waals surface area contributed by atoms with Crippen molar-refractivity contribution in [1.82, 2.24) is 15.0 Å². The second-order valence-electron chi connectivity index (χ2n) is 2.97. The van der Waals surface area contributed by atoms with Crippen molar-refractivity contribution in [3.05, 3.63) is 34.6 Å². The van der Waals surface area contributed by atoms with E-state index in [-0.39, 0.29) is 22.1 Å². The highest BCUT2D eigenvalue weighted by atomic mass is 32.1. The summed E-state index contributed by atoms with van der Waals surface area (Å²) >= 11 is 4.72. The normalized spacial score (nSPS) is 10.4. The molecular weight excluding hydrogens is 234 g/mol. The Morgan fingerprint density at radius 2 is 2.00 bits per heavy atom. The van der Waals surface area contributed by atoms with E-state index in [1.165, 1.54) is 12.1 Å². The van der Waals surface area contributed by atoms with Crippen molar-refractivity contribution in [3.8, 4) is 11.4 Å². The highest BCUT2D eigenvalue weighted by Crippen LogP contribution is 2.20. The third kappa shape index (κ3) is 1.89. The van der Waals surface area contributed by atoms with Crippen molar-refractivity contribution >= 4 is 18.2 Å². The third-order valence-electron chi connectivity index (χ3n) is 1.88. The Hall–Kier alpha value is -1.89. The molecule has 0 saturated carbocycles. The molecule has 2 aromatic rings. The summed E-state index contributed by atoms with van der Waals surface area (Å²) < 4.78 is 26.4. The molecule has 1 heterocycles. The van der Waals surface area contributed by atoms with Gasteiger partial charge in [0.05, 0.1) is 5.56 Å². The van der Waals surface area contributed by atoms with Gasteiger partial charge < -0.3 is 10.7 Å². The molecule has 0 atom stereocenters. The quantitative estimate of drug-likeness (QED) is 0.749. The monoisotopic (exact) mass is 240 g/mol. The molecular formula is C9H6F2N4S. The lowest BCUT2D eigenvalue weighted by Gasteiger charge is -2.03. The summed E-state index contributed by atoms with van der Waals surface area (Å²) in [6.07, 6.45) is 0. The number of halogens is 2. The van der Waals surface area contributed by atoms with Crippen LogP contribution in [0.3, 0.4) is 0 Å². The standard InChI is InChI=1S/C9H6F2N4S/c10-5-3-1-2-4(6(5)11)7-13-8(12)15-9(16)14-7/h1-3H,(H3,12,13,14,15,16). The summed E-state index contributed by atoms with van der Waals surface area (Å²) in [6.45, 7) is 0. The molecule has 82 valence electrons. The molecule has 1 aromatic carbocycles. The first-order valence-corrected chi connectivity index (χ1v) is 4.67. The van der Waals surface area contributed by atoms with Gasteiger partial charge in [-0.2, -0.15) is 4.98 Å². The van der Waals surface area contributed by atoms with Crippen LogP contribution in [0.1, 0.15) is 0 Å². The lowest BCUT2D eigenvalue weighted by Crippen LogP contribution is -2.01. The van der Waals surface area contributed by atoms with Gasteiger partial charge in [0.15, 0.2) is 11.6 Å². The lowest BCUT2D eigenvalue weighted by atomic mass is 10.2. The highest BCUT2D eigenvalue weighted by molar-refractivity contribution is 7.71. The summed E-state index contributed by atoms with van der Waals surface area (Å²) in [4.78, 5) is 9.90. The highest BCUT2D eigenvalue weighted by Gasteiger charge is 2.11. The number of anilines is 1. The fraction of sp³-hybridized carbons (Fsp3) is 0. The topological polar surface area (TPSA) is 67.6 Å². The van der Waals surface area contributed by atoms with E-state index in [2.05, 4.69) is 15.0 Å². The van der Waals surface area contributed by atoms with Crippen molar-refractivity contribution in [2.24, 2.45) is 0 Å². The average Bonchev–Trinajstić information content (AvgIpc) is 2.20. The number of nitrogens with one attached hydrogen (secondary N) is 1. The van der Waals surface area contributed by atoms with Crippen LogP contribution >= 0.6 is 12.2 Å². The van der Waals surface area contributed by atoms with Gasteiger partial charge in [-0.3, -0.25) is 0 Å². The zero-order chi connectivity index (χ0) is 11.7. The van der Waals surface area contributed by atoms with Crippen molar-refractivity contribution < 1.29 is 8.78 Å². The molecule has 3 N–H and O–H groups in total. The molecule has 1 aromatic heterocycles. The Labute approximate surface area is 94.2 Å². The Kier molecular flexibility index (Phi) is 2.61. The maximum atomic E-state index is 13.4. The van der Waals surface area contributed by atoms with Crippen molar-refractivity contribution in [1.29, 1.82) is 0 Å². The van der Waals surface area contributed by atoms with Gasteiger partial charge in [0.1, 0.15) is 5.82 Å². The summed E-state index contributed by atoms with van der Waals surface area (Å²) in [5.41, 5.74) is 5.35. The van der Waals surface area contributed by atoms with Gasteiger partial charge in [-0.1, -0.05) is 6.07 Å². The number of hydrogen-bond acceptors (Lipinski definition) is 4. The van der Waals surface area contributed by atoms with Crippen molar-refractivity contribution in [2.45, 2.75) is 0 Å². The summed E-state index contributed by atoms with van der Waals surface area (Å²) in [5, 5.41) is 0. The van der Waals surface area contributed by atoms with Gasteiger partial charge in [-0.15, -0.1) is 0 Å². The maximum Gasteiger partial charge on any atom is 0.224 e. The van der Waals surface area contributed by atoms with Crippen molar-refractivity contribution in [2.75, 3.05) is 5.73 Å². The predicted molar refractivity (Wildman–Crippen MR) is 57.0 cm³/mol. The molecule has 0 saturated heterocycles. The van der Waals surface area contributed by atoms with Crippen molar-refractivity contribution in [3.63, 3.8) is 0 Å². The van der Waals surface area contributed by atoms with Crippen LogP contribution in [0.2, 0.25) is 0 Å². The van der Waals surface area contributed by atoms with Gasteiger partial charge in [0, 0.05) is 0 Å². The Balaban J connectivity index is 2.67. The van der Waals surface area contributed by atoms with Crippen LogP contribution in [0, 0.1) is 16.4 Å². The third-order valence-corrected chi connectivity index (χ3v) is 2.06. The smallest absolute Gasteiger partial charge is 0.224 e. The molecule has 0 amide bonds. The van der Waals surface area contributed by atoms with E-state index in [9.17, 15) is 8.78 Å². The lowest BCUT2D eigenvalue weighted by molar-refractivity contribution is 0.510. The molecule has 0 aliphatic rings. The molecule has 0 aliphatic heterocycles. The van der Waals surface area contributed by atoms with E-state index < -0.39 is 11.6 Å². The zero-order valence-electron chi connectivity index (χ0n) is 7.87. The largest absolute Gasteiger partial charge is 0.369 e. The first-order valence-electron chi connectivity index (χ1n) is 4.26. The average molecular weight is 240 g/mol. The number of nitrogens with two attached hydrogens (primary N) is 1. The Morgan fingerprint density at radius 3 is 2.69 bits per heavy atom. The minimum atomic E-state index is -1.01. The van der Waals surface area contributed by atoms with E-state index in [4.69, 9.17) is 18.0 Å². The first kappa shape index (κ1) is 10.6. The fourth-order valence-corrected chi connectivity index (χ4v) is 1.40. The van der Waals surface area contributed by atoms with Crippen LogP contribution in [0.25, 0.3) is 11.4 Å². The second-order valence-corrected chi connectivity index (χ2v) is 3.33. The zero-order valence-corrected chi connectivity index (χ0v) is 8.68. The number of nitrogens with zero attached hydrogens (tertiary/aromatic N) is 2. The number of hydrogen-bond donors (Lipinski definition) is 2. The van der Waals surface area contributed by atoms with E-state index in [0.29, 0.717) is 0 Å².